The smallest absolute Gasteiger partial charge is 0.239 e. The van der Waals surface area contributed by atoms with Crippen LogP contribution in [0.2, 0.25) is 0 Å². The van der Waals surface area contributed by atoms with Crippen LogP contribution in [0.1, 0.15) is 19.8 Å². The minimum Gasteiger partial charge on any atom is -0.368 e. The van der Waals surface area contributed by atoms with Crippen LogP contribution >= 0.6 is 12.4 Å². The van der Waals surface area contributed by atoms with Crippen molar-refractivity contribution in [2.75, 3.05) is 37.6 Å². The van der Waals surface area contributed by atoms with Crippen molar-refractivity contribution >= 4 is 24.0 Å². The van der Waals surface area contributed by atoms with Gasteiger partial charge in [0.05, 0.1) is 6.04 Å². The molecule has 0 aromatic heterocycles. The Hall–Kier alpha value is -1.26. The summed E-state index contributed by atoms with van der Waals surface area (Å²) in [6, 6.07) is 10.5. The van der Waals surface area contributed by atoms with Crippen molar-refractivity contribution in [2.24, 2.45) is 5.92 Å². The largest absolute Gasteiger partial charge is 0.368 e. The predicted octanol–water partition coefficient (Wildman–Crippen LogP) is 2.15. The fraction of sp³-hybridized carbons (Fsp3) is 0.588. The number of hydrogen-bond acceptors (Lipinski definition) is 3. The standard InChI is InChI=1S/C17H25N3O.ClH/c1-14-7-8-18-16(13-14)17(21)20-11-9-19(10-12-20)15-5-3-2-4-6-15;/h2-6,14,16,18H,7-13H2,1H3;1H. The van der Waals surface area contributed by atoms with Crippen molar-refractivity contribution in [1.82, 2.24) is 10.2 Å². The van der Waals surface area contributed by atoms with Crippen molar-refractivity contribution in [3.8, 4) is 0 Å². The van der Waals surface area contributed by atoms with E-state index in [4.69, 9.17) is 0 Å². The van der Waals surface area contributed by atoms with Crippen LogP contribution in [0.5, 0.6) is 0 Å². The molecule has 0 spiro atoms. The molecule has 0 aliphatic carbocycles. The molecule has 0 bridgehead atoms. The molecule has 0 saturated carbocycles. The molecule has 1 N–H and O–H groups in total. The third-order valence-electron chi connectivity index (χ3n) is 4.68. The summed E-state index contributed by atoms with van der Waals surface area (Å²) in [4.78, 5) is 17.0. The van der Waals surface area contributed by atoms with E-state index in [9.17, 15) is 4.79 Å². The molecule has 1 amide bonds. The highest BCUT2D eigenvalue weighted by atomic mass is 35.5. The Bertz CT molecular complexity index is 474. The molecule has 2 unspecified atom stereocenters. The topological polar surface area (TPSA) is 35.6 Å². The van der Waals surface area contributed by atoms with E-state index in [0.717, 1.165) is 39.1 Å². The van der Waals surface area contributed by atoms with E-state index in [0.29, 0.717) is 11.8 Å². The Balaban J connectivity index is 0.00000176. The second-order valence-corrected chi connectivity index (χ2v) is 6.28. The highest BCUT2D eigenvalue weighted by molar-refractivity contribution is 5.85. The van der Waals surface area contributed by atoms with Crippen LogP contribution in [-0.2, 0) is 4.79 Å². The van der Waals surface area contributed by atoms with E-state index in [1.807, 2.05) is 11.0 Å². The number of piperidine rings is 1. The Labute approximate surface area is 139 Å². The SMILES string of the molecule is CC1CCNC(C(=O)N2CCN(c3ccccc3)CC2)C1.Cl. The first kappa shape index (κ1) is 17.1. The van der Waals surface area contributed by atoms with Gasteiger partial charge in [0.2, 0.25) is 5.91 Å². The molecule has 2 aliphatic rings. The highest BCUT2D eigenvalue weighted by Crippen LogP contribution is 2.19. The molecule has 22 heavy (non-hydrogen) atoms. The molecule has 122 valence electrons. The lowest BCUT2D eigenvalue weighted by molar-refractivity contribution is -0.134. The average Bonchev–Trinajstić information content (AvgIpc) is 2.55. The van der Waals surface area contributed by atoms with Crippen molar-refractivity contribution in [3.63, 3.8) is 0 Å². The fourth-order valence-electron chi connectivity index (χ4n) is 3.34. The van der Waals surface area contributed by atoms with Gasteiger partial charge in [-0.05, 0) is 37.4 Å². The van der Waals surface area contributed by atoms with E-state index in [-0.39, 0.29) is 18.4 Å². The number of nitrogens with one attached hydrogen (secondary N) is 1. The van der Waals surface area contributed by atoms with E-state index in [1.165, 1.54) is 12.1 Å². The number of benzene rings is 1. The lowest BCUT2D eigenvalue weighted by Gasteiger charge is -2.39. The fourth-order valence-corrected chi connectivity index (χ4v) is 3.34. The number of nitrogens with zero attached hydrogens (tertiary/aromatic N) is 2. The van der Waals surface area contributed by atoms with Crippen molar-refractivity contribution in [2.45, 2.75) is 25.8 Å². The van der Waals surface area contributed by atoms with Gasteiger partial charge in [-0.3, -0.25) is 4.79 Å². The Morgan fingerprint density at radius 3 is 2.45 bits per heavy atom. The molecule has 1 aromatic rings. The van der Waals surface area contributed by atoms with Crippen LogP contribution < -0.4 is 10.2 Å². The van der Waals surface area contributed by atoms with E-state index in [2.05, 4.69) is 41.4 Å². The Morgan fingerprint density at radius 2 is 1.82 bits per heavy atom. The summed E-state index contributed by atoms with van der Waals surface area (Å²) in [6.45, 7) is 6.74. The first-order chi connectivity index (χ1) is 10.2. The zero-order chi connectivity index (χ0) is 14.7. The lowest BCUT2D eigenvalue weighted by Crippen LogP contribution is -2.55. The number of carbonyl (C=O) groups is 1. The second-order valence-electron chi connectivity index (χ2n) is 6.28. The van der Waals surface area contributed by atoms with Crippen LogP contribution in [0.15, 0.2) is 30.3 Å². The van der Waals surface area contributed by atoms with Gasteiger partial charge in [-0.25, -0.2) is 0 Å². The van der Waals surface area contributed by atoms with Crippen LogP contribution in [0, 0.1) is 5.92 Å². The molecule has 2 saturated heterocycles. The van der Waals surface area contributed by atoms with E-state index < -0.39 is 0 Å². The summed E-state index contributed by atoms with van der Waals surface area (Å²) in [5, 5.41) is 3.38. The zero-order valence-electron chi connectivity index (χ0n) is 13.2. The highest BCUT2D eigenvalue weighted by Gasteiger charge is 2.30. The van der Waals surface area contributed by atoms with Crippen molar-refractivity contribution in [3.05, 3.63) is 30.3 Å². The number of anilines is 1. The monoisotopic (exact) mass is 323 g/mol. The van der Waals surface area contributed by atoms with Gasteiger partial charge in [0.15, 0.2) is 0 Å². The predicted molar refractivity (Wildman–Crippen MR) is 92.7 cm³/mol. The molecule has 4 nitrogen and oxygen atoms in total. The lowest BCUT2D eigenvalue weighted by atomic mass is 9.93. The molecule has 3 rings (SSSR count). The number of hydrogen-bond donors (Lipinski definition) is 1. The molecule has 2 atom stereocenters. The molecule has 1 aromatic carbocycles. The summed E-state index contributed by atoms with van der Waals surface area (Å²) in [5.74, 6) is 0.958. The summed E-state index contributed by atoms with van der Waals surface area (Å²) in [6.07, 6.45) is 2.17. The van der Waals surface area contributed by atoms with Crippen LogP contribution in [-0.4, -0.2) is 49.6 Å². The summed E-state index contributed by atoms with van der Waals surface area (Å²) in [7, 11) is 0. The summed E-state index contributed by atoms with van der Waals surface area (Å²) < 4.78 is 0. The number of carbonyl (C=O) groups excluding carboxylic acids is 1. The molecule has 2 aliphatic heterocycles. The Morgan fingerprint density at radius 1 is 1.14 bits per heavy atom. The van der Waals surface area contributed by atoms with Gasteiger partial charge >= 0.3 is 0 Å². The number of piperazine rings is 1. The van der Waals surface area contributed by atoms with E-state index >= 15 is 0 Å². The van der Waals surface area contributed by atoms with Gasteiger partial charge in [-0.1, -0.05) is 25.1 Å². The molecule has 0 radical (unpaired) electrons. The van der Waals surface area contributed by atoms with Crippen molar-refractivity contribution < 1.29 is 4.79 Å². The molecule has 2 fully saturated rings. The van der Waals surface area contributed by atoms with Crippen molar-refractivity contribution in [1.29, 1.82) is 0 Å². The molecular weight excluding hydrogens is 298 g/mol. The number of amides is 1. The third kappa shape index (κ3) is 3.93. The maximum absolute atomic E-state index is 12.6. The van der Waals surface area contributed by atoms with E-state index in [1.54, 1.807) is 0 Å². The second kappa shape index (κ2) is 7.84. The summed E-state index contributed by atoms with van der Waals surface area (Å²) in [5.41, 5.74) is 1.26. The quantitative estimate of drug-likeness (QED) is 0.906. The Kier molecular flexibility index (Phi) is 6.09. The summed E-state index contributed by atoms with van der Waals surface area (Å²) >= 11 is 0. The normalized spacial score (nSPS) is 25.5. The zero-order valence-corrected chi connectivity index (χ0v) is 14.0. The van der Waals surface area contributed by atoms with Gasteiger partial charge in [0.1, 0.15) is 0 Å². The number of para-hydroxylation sites is 1. The minimum absolute atomic E-state index is 0. The van der Waals surface area contributed by atoms with Gasteiger partial charge in [-0.15, -0.1) is 12.4 Å². The van der Waals surface area contributed by atoms with Gasteiger partial charge < -0.3 is 15.1 Å². The van der Waals surface area contributed by atoms with Gasteiger partial charge in [-0.2, -0.15) is 0 Å². The van der Waals surface area contributed by atoms with Crippen LogP contribution in [0.3, 0.4) is 0 Å². The minimum atomic E-state index is 0. The average molecular weight is 324 g/mol. The number of halogens is 1. The maximum Gasteiger partial charge on any atom is 0.239 e. The van der Waals surface area contributed by atoms with Crippen LogP contribution in [0.4, 0.5) is 5.69 Å². The third-order valence-corrected chi connectivity index (χ3v) is 4.68. The maximum atomic E-state index is 12.6. The van der Waals surface area contributed by atoms with Gasteiger partial charge in [0, 0.05) is 31.9 Å². The molecule has 5 heteroatoms. The first-order valence-electron chi connectivity index (χ1n) is 8.06. The first-order valence-corrected chi connectivity index (χ1v) is 8.06. The van der Waals surface area contributed by atoms with Crippen LogP contribution in [0.25, 0.3) is 0 Å². The number of rotatable bonds is 2. The van der Waals surface area contributed by atoms with Gasteiger partial charge in [0.25, 0.3) is 0 Å². The molecular formula is C17H26ClN3O. The molecule has 2 heterocycles.